The van der Waals surface area contributed by atoms with Crippen LogP contribution in [0.4, 0.5) is 17.6 Å². The second kappa shape index (κ2) is 2.21. The summed E-state index contributed by atoms with van der Waals surface area (Å²) < 4.78 is 46.5. The fourth-order valence-electron chi connectivity index (χ4n) is 0.111. The van der Waals surface area contributed by atoms with Gasteiger partial charge in [-0.05, 0) is 13.8 Å². The molecule has 5 heteroatoms. The van der Waals surface area contributed by atoms with Gasteiger partial charge in [-0.25, -0.2) is 0 Å². The van der Waals surface area contributed by atoms with E-state index in [2.05, 4.69) is 0 Å². The van der Waals surface area contributed by atoms with E-state index in [4.69, 9.17) is 0 Å². The highest BCUT2D eigenvalue weighted by Crippen LogP contribution is 2.38. The van der Waals surface area contributed by atoms with E-state index in [9.17, 15) is 22.4 Å². The minimum absolute atomic E-state index is 0.495. The number of hydrogen-bond donors (Lipinski definition) is 0. The van der Waals surface area contributed by atoms with Gasteiger partial charge in [-0.15, -0.1) is 0 Å². The molecule has 0 spiro atoms. The van der Waals surface area contributed by atoms with Crippen molar-refractivity contribution < 1.29 is 22.4 Å². The number of rotatable bonds is 1. The molecule has 0 aromatic heterocycles. The van der Waals surface area contributed by atoms with E-state index in [1.54, 1.807) is 0 Å². The highest BCUT2D eigenvalue weighted by molar-refractivity contribution is 5.75. The van der Waals surface area contributed by atoms with Crippen LogP contribution in [0.2, 0.25) is 0 Å². The first-order valence-electron chi connectivity index (χ1n) is 2.46. The molecule has 60 valence electrons. The van der Waals surface area contributed by atoms with Gasteiger partial charge in [-0.2, -0.15) is 17.6 Å². The van der Waals surface area contributed by atoms with E-state index in [0.29, 0.717) is 13.8 Å². The third-order valence-corrected chi connectivity index (χ3v) is 1.20. The summed E-state index contributed by atoms with van der Waals surface area (Å²) in [4.78, 5) is 9.73. The lowest BCUT2D eigenvalue weighted by Crippen LogP contribution is -2.37. The van der Waals surface area contributed by atoms with Crippen LogP contribution in [0.25, 0.3) is 0 Å². The average Bonchev–Trinajstić information content (AvgIpc) is 1.62. The Labute approximate surface area is 55.0 Å². The molecule has 0 bridgehead atoms. The highest BCUT2D eigenvalue weighted by atomic mass is 19.4. The molecule has 0 saturated carbocycles. The average molecular weight is 158 g/mol. The number of hydrogen-bond acceptors (Lipinski definition) is 1. The van der Waals surface area contributed by atoms with E-state index >= 15 is 0 Å². The van der Waals surface area contributed by atoms with Crippen LogP contribution in [0.15, 0.2) is 0 Å². The standard InChI is InChI=1S/C5H6F4O/c1-4(2,3(6)10)5(7,8)9/h1-2H3. The molecule has 0 amide bonds. The van der Waals surface area contributed by atoms with Crippen molar-refractivity contribution in [2.24, 2.45) is 5.41 Å². The molecule has 0 unspecified atom stereocenters. The summed E-state index contributed by atoms with van der Waals surface area (Å²) in [5.74, 6) is 0. The van der Waals surface area contributed by atoms with E-state index in [-0.39, 0.29) is 0 Å². The van der Waals surface area contributed by atoms with Crippen molar-refractivity contribution in [3.8, 4) is 0 Å². The molecule has 0 heterocycles. The van der Waals surface area contributed by atoms with Crippen molar-refractivity contribution in [2.75, 3.05) is 0 Å². The maximum absolute atomic E-state index is 11.6. The van der Waals surface area contributed by atoms with Crippen molar-refractivity contribution in [1.29, 1.82) is 0 Å². The first kappa shape index (κ1) is 9.39. The van der Waals surface area contributed by atoms with E-state index in [1.165, 1.54) is 0 Å². The van der Waals surface area contributed by atoms with Gasteiger partial charge in [0.25, 0.3) is 0 Å². The minimum atomic E-state index is -4.81. The van der Waals surface area contributed by atoms with Gasteiger partial charge in [0.15, 0.2) is 5.41 Å². The predicted molar refractivity (Wildman–Crippen MR) is 26.0 cm³/mol. The van der Waals surface area contributed by atoms with Crippen molar-refractivity contribution in [3.63, 3.8) is 0 Å². The lowest BCUT2D eigenvalue weighted by atomic mass is 9.94. The first-order chi connectivity index (χ1) is 4.19. The largest absolute Gasteiger partial charge is 0.403 e. The van der Waals surface area contributed by atoms with Gasteiger partial charge >= 0.3 is 12.2 Å². The van der Waals surface area contributed by atoms with Crippen LogP contribution in [-0.2, 0) is 4.79 Å². The molecule has 0 aliphatic rings. The van der Waals surface area contributed by atoms with Crippen molar-refractivity contribution in [2.45, 2.75) is 20.0 Å². The van der Waals surface area contributed by atoms with Gasteiger partial charge in [-0.3, -0.25) is 4.79 Å². The van der Waals surface area contributed by atoms with E-state index in [0.717, 1.165) is 0 Å². The quantitative estimate of drug-likeness (QED) is 0.421. The number of carbonyl (C=O) groups is 1. The number of halogens is 4. The zero-order chi connectivity index (χ0) is 8.58. The summed E-state index contributed by atoms with van der Waals surface area (Å²) in [5, 5.41) is 0. The Morgan fingerprint density at radius 1 is 1.20 bits per heavy atom. The fourth-order valence-corrected chi connectivity index (χ4v) is 0.111. The minimum Gasteiger partial charge on any atom is -0.260 e. The third-order valence-electron chi connectivity index (χ3n) is 1.20. The Morgan fingerprint density at radius 3 is 1.50 bits per heavy atom. The Morgan fingerprint density at radius 2 is 1.50 bits per heavy atom. The molecule has 1 nitrogen and oxygen atoms in total. The normalized spacial score (nSPS) is 13.4. The summed E-state index contributed by atoms with van der Waals surface area (Å²) in [5.41, 5.74) is -2.87. The zero-order valence-electron chi connectivity index (χ0n) is 5.42. The molecule has 0 saturated heterocycles. The molecule has 0 radical (unpaired) electrons. The molecular formula is C5H6F4O. The van der Waals surface area contributed by atoms with Gasteiger partial charge in [0, 0.05) is 0 Å². The van der Waals surface area contributed by atoms with Gasteiger partial charge < -0.3 is 0 Å². The summed E-state index contributed by atoms with van der Waals surface area (Å²) >= 11 is 0. The highest BCUT2D eigenvalue weighted by Gasteiger charge is 2.53. The molecule has 0 aromatic rings. The van der Waals surface area contributed by atoms with Gasteiger partial charge in [0.05, 0.1) is 0 Å². The third kappa shape index (κ3) is 1.46. The second-order valence-electron chi connectivity index (χ2n) is 2.40. The fraction of sp³-hybridized carbons (Fsp3) is 0.800. The lowest BCUT2D eigenvalue weighted by Gasteiger charge is -2.21. The van der Waals surface area contributed by atoms with Crippen LogP contribution in [0.3, 0.4) is 0 Å². The topological polar surface area (TPSA) is 17.1 Å². The maximum atomic E-state index is 11.6. The number of alkyl halides is 3. The van der Waals surface area contributed by atoms with E-state index < -0.39 is 17.6 Å². The van der Waals surface area contributed by atoms with Crippen molar-refractivity contribution >= 4 is 6.04 Å². The summed E-state index contributed by atoms with van der Waals surface area (Å²) in [6.07, 6.45) is -4.81. The van der Waals surface area contributed by atoms with Gasteiger partial charge in [0.1, 0.15) is 0 Å². The van der Waals surface area contributed by atoms with Crippen LogP contribution in [0, 0.1) is 5.41 Å². The first-order valence-corrected chi connectivity index (χ1v) is 2.46. The Hall–Kier alpha value is -0.610. The summed E-state index contributed by atoms with van der Waals surface area (Å²) in [7, 11) is 0. The van der Waals surface area contributed by atoms with Crippen LogP contribution >= 0.6 is 0 Å². The molecule has 0 aliphatic carbocycles. The Bertz CT molecular complexity index is 146. The summed E-state index contributed by atoms with van der Waals surface area (Å²) in [6, 6.07) is -2.36. The van der Waals surface area contributed by atoms with Gasteiger partial charge in [0.2, 0.25) is 0 Å². The number of carbonyl (C=O) groups excluding carboxylic acids is 1. The second-order valence-corrected chi connectivity index (χ2v) is 2.40. The van der Waals surface area contributed by atoms with Crippen LogP contribution in [-0.4, -0.2) is 12.2 Å². The molecular weight excluding hydrogens is 152 g/mol. The van der Waals surface area contributed by atoms with Crippen molar-refractivity contribution in [3.05, 3.63) is 0 Å². The van der Waals surface area contributed by atoms with Crippen LogP contribution in [0.5, 0.6) is 0 Å². The molecule has 0 atom stereocenters. The Balaban J connectivity index is 4.57. The SMILES string of the molecule is CC(C)(C(=O)F)C(F)(F)F. The molecule has 0 fully saturated rings. The molecule has 0 aliphatic heterocycles. The van der Waals surface area contributed by atoms with Gasteiger partial charge in [-0.1, -0.05) is 0 Å². The monoisotopic (exact) mass is 158 g/mol. The Kier molecular flexibility index (Phi) is 2.08. The molecule has 10 heavy (non-hydrogen) atoms. The maximum Gasteiger partial charge on any atom is 0.403 e. The molecule has 0 aromatic carbocycles. The van der Waals surface area contributed by atoms with Crippen molar-refractivity contribution in [1.82, 2.24) is 0 Å². The predicted octanol–water partition coefficient (Wildman–Crippen LogP) is 2.07. The van der Waals surface area contributed by atoms with Crippen LogP contribution < -0.4 is 0 Å². The van der Waals surface area contributed by atoms with E-state index in [1.807, 2.05) is 0 Å². The van der Waals surface area contributed by atoms with Crippen LogP contribution in [0.1, 0.15) is 13.8 Å². The lowest BCUT2D eigenvalue weighted by molar-refractivity contribution is -0.216. The molecule has 0 N–H and O–H groups in total. The summed E-state index contributed by atoms with van der Waals surface area (Å²) in [6.45, 7) is 0.991. The molecule has 0 rings (SSSR count). The smallest absolute Gasteiger partial charge is 0.260 e. The zero-order valence-corrected chi connectivity index (χ0v) is 5.42.